The number of rotatable bonds is 11. The first-order valence-corrected chi connectivity index (χ1v) is 10.4. The molecule has 0 aliphatic carbocycles. The Morgan fingerprint density at radius 3 is 2.27 bits per heavy atom. The molecule has 0 atom stereocenters. The zero-order valence-electron chi connectivity index (χ0n) is 15.4. The van der Waals surface area contributed by atoms with Gasteiger partial charge in [-0.15, -0.1) is 0 Å². The number of ether oxygens (including phenoxy) is 2. The summed E-state index contributed by atoms with van der Waals surface area (Å²) in [6.07, 6.45) is 3.14. The third-order valence-electron chi connectivity index (χ3n) is 4.17. The van der Waals surface area contributed by atoms with Gasteiger partial charge in [-0.05, 0) is 61.1 Å². The molecular weight excluding hydrogens is 350 g/mol. The van der Waals surface area contributed by atoms with Crippen LogP contribution in [0.25, 0.3) is 0 Å². The van der Waals surface area contributed by atoms with Crippen molar-refractivity contribution >= 4 is 10.0 Å². The van der Waals surface area contributed by atoms with Crippen molar-refractivity contribution in [2.75, 3.05) is 26.5 Å². The van der Waals surface area contributed by atoms with Crippen LogP contribution in [0.4, 0.5) is 0 Å². The molecule has 0 unspecified atom stereocenters. The molecule has 0 aliphatic heterocycles. The molecule has 0 radical (unpaired) electrons. The number of aryl methyl sites for hydroxylation is 2. The topological polar surface area (TPSA) is 64.6 Å². The minimum absolute atomic E-state index is 0.0820. The van der Waals surface area contributed by atoms with Crippen LogP contribution in [0.5, 0.6) is 11.5 Å². The highest BCUT2D eigenvalue weighted by Gasteiger charge is 2.10. The fraction of sp³-hybridized carbons (Fsp3) is 0.400. The van der Waals surface area contributed by atoms with Gasteiger partial charge in [-0.3, -0.25) is 0 Å². The van der Waals surface area contributed by atoms with E-state index in [1.807, 2.05) is 48.5 Å². The predicted octanol–water partition coefficient (Wildman–Crippen LogP) is 3.19. The predicted molar refractivity (Wildman–Crippen MR) is 104 cm³/mol. The van der Waals surface area contributed by atoms with Gasteiger partial charge < -0.3 is 9.47 Å². The molecule has 2 aromatic rings. The van der Waals surface area contributed by atoms with Gasteiger partial charge in [-0.2, -0.15) is 0 Å². The lowest BCUT2D eigenvalue weighted by molar-refractivity contribution is 0.414. The fourth-order valence-electron chi connectivity index (χ4n) is 2.63. The van der Waals surface area contributed by atoms with Crippen LogP contribution < -0.4 is 14.2 Å². The molecule has 0 saturated carbocycles. The molecule has 26 heavy (non-hydrogen) atoms. The average molecular weight is 378 g/mol. The van der Waals surface area contributed by atoms with E-state index in [1.54, 1.807) is 14.2 Å². The number of hydrogen-bond donors (Lipinski definition) is 1. The fourth-order valence-corrected chi connectivity index (χ4v) is 3.73. The smallest absolute Gasteiger partial charge is 0.211 e. The molecule has 0 spiro atoms. The molecule has 0 bridgehead atoms. The summed E-state index contributed by atoms with van der Waals surface area (Å²) in [4.78, 5) is 0. The Morgan fingerprint density at radius 1 is 0.846 bits per heavy atom. The minimum atomic E-state index is -3.26. The monoisotopic (exact) mass is 377 g/mol. The Balaban J connectivity index is 1.67. The lowest BCUT2D eigenvalue weighted by atomic mass is 10.1. The van der Waals surface area contributed by atoms with Crippen LogP contribution in [0.3, 0.4) is 0 Å². The van der Waals surface area contributed by atoms with Gasteiger partial charge in [-0.1, -0.05) is 24.3 Å². The number of hydrogen-bond acceptors (Lipinski definition) is 4. The Hall–Kier alpha value is -2.05. The van der Waals surface area contributed by atoms with Gasteiger partial charge >= 0.3 is 0 Å². The first-order chi connectivity index (χ1) is 12.5. The highest BCUT2D eigenvalue weighted by atomic mass is 32.2. The number of nitrogens with one attached hydrogen (secondary N) is 1. The van der Waals surface area contributed by atoms with Crippen molar-refractivity contribution in [1.29, 1.82) is 0 Å². The largest absolute Gasteiger partial charge is 0.497 e. The van der Waals surface area contributed by atoms with Crippen molar-refractivity contribution in [1.82, 2.24) is 4.72 Å². The molecule has 0 saturated heterocycles. The average Bonchev–Trinajstić information content (AvgIpc) is 2.67. The van der Waals surface area contributed by atoms with E-state index in [0.717, 1.165) is 36.3 Å². The Labute approximate surface area is 156 Å². The van der Waals surface area contributed by atoms with Gasteiger partial charge in [0.05, 0.1) is 20.0 Å². The highest BCUT2D eigenvalue weighted by molar-refractivity contribution is 7.89. The summed E-state index contributed by atoms with van der Waals surface area (Å²) >= 11 is 0. The zero-order chi connectivity index (χ0) is 18.8. The molecule has 5 nitrogen and oxygen atoms in total. The van der Waals surface area contributed by atoms with Crippen molar-refractivity contribution in [3.05, 3.63) is 59.7 Å². The van der Waals surface area contributed by atoms with E-state index < -0.39 is 10.0 Å². The Morgan fingerprint density at radius 2 is 1.58 bits per heavy atom. The van der Waals surface area contributed by atoms with E-state index >= 15 is 0 Å². The van der Waals surface area contributed by atoms with Crippen molar-refractivity contribution in [2.24, 2.45) is 0 Å². The first-order valence-electron chi connectivity index (χ1n) is 8.75. The third-order valence-corrected chi connectivity index (χ3v) is 5.55. The second-order valence-corrected chi connectivity index (χ2v) is 8.05. The highest BCUT2D eigenvalue weighted by Crippen LogP contribution is 2.14. The maximum atomic E-state index is 12.1. The van der Waals surface area contributed by atoms with Crippen molar-refractivity contribution in [2.45, 2.75) is 25.7 Å². The van der Waals surface area contributed by atoms with Gasteiger partial charge in [0.1, 0.15) is 11.5 Å². The zero-order valence-corrected chi connectivity index (χ0v) is 16.2. The molecule has 0 heterocycles. The summed E-state index contributed by atoms with van der Waals surface area (Å²) in [5.74, 6) is 1.67. The first kappa shape index (κ1) is 20.3. The molecule has 0 fully saturated rings. The van der Waals surface area contributed by atoms with Gasteiger partial charge in [0, 0.05) is 6.54 Å². The van der Waals surface area contributed by atoms with Crippen LogP contribution in [0.1, 0.15) is 24.0 Å². The molecule has 0 aromatic heterocycles. The molecular formula is C20H27NO4S. The van der Waals surface area contributed by atoms with Crippen LogP contribution >= 0.6 is 0 Å². The molecule has 0 aliphatic rings. The van der Waals surface area contributed by atoms with E-state index in [2.05, 4.69) is 4.72 Å². The van der Waals surface area contributed by atoms with Gasteiger partial charge in [0.2, 0.25) is 10.0 Å². The van der Waals surface area contributed by atoms with Crippen molar-refractivity contribution in [3.8, 4) is 11.5 Å². The van der Waals surface area contributed by atoms with E-state index in [4.69, 9.17) is 9.47 Å². The number of methoxy groups -OCH3 is 2. The summed E-state index contributed by atoms with van der Waals surface area (Å²) in [5, 5.41) is 0. The van der Waals surface area contributed by atoms with E-state index in [9.17, 15) is 8.42 Å². The maximum Gasteiger partial charge on any atom is 0.211 e. The molecule has 2 aromatic carbocycles. The summed E-state index contributed by atoms with van der Waals surface area (Å²) in [6, 6.07) is 15.4. The molecule has 0 amide bonds. The normalized spacial score (nSPS) is 11.3. The number of benzene rings is 2. The molecule has 6 heteroatoms. The molecule has 1 N–H and O–H groups in total. The summed E-state index contributed by atoms with van der Waals surface area (Å²) in [7, 11) is -0.0120. The van der Waals surface area contributed by atoms with Crippen LogP contribution in [0.2, 0.25) is 0 Å². The summed E-state index contributed by atoms with van der Waals surface area (Å²) < 4.78 is 37.2. The summed E-state index contributed by atoms with van der Waals surface area (Å²) in [5.41, 5.74) is 2.18. The number of unbranched alkanes of at least 4 members (excludes halogenated alkanes) is 1. The van der Waals surface area contributed by atoms with Gasteiger partial charge in [0.15, 0.2) is 0 Å². The minimum Gasteiger partial charge on any atom is -0.497 e. The van der Waals surface area contributed by atoms with Crippen molar-refractivity contribution < 1.29 is 17.9 Å². The second kappa shape index (κ2) is 10.2. The molecule has 142 valence electrons. The van der Waals surface area contributed by atoms with Gasteiger partial charge in [-0.25, -0.2) is 13.1 Å². The standard InChI is InChI=1S/C20H27NO4S/c1-24-19-11-9-17(10-12-19)6-3-4-14-21-26(22,23)15-13-18-7-5-8-20(16-18)25-2/h5,7-12,16,21H,3-4,6,13-15H2,1-2H3. The van der Waals surface area contributed by atoms with Crippen LogP contribution in [-0.4, -0.2) is 34.9 Å². The van der Waals surface area contributed by atoms with Crippen LogP contribution in [0, 0.1) is 0 Å². The molecule has 2 rings (SSSR count). The summed E-state index contributed by atoms with van der Waals surface area (Å²) in [6.45, 7) is 0.469. The van der Waals surface area contributed by atoms with Crippen LogP contribution in [-0.2, 0) is 22.9 Å². The Kier molecular flexibility index (Phi) is 7.94. The van der Waals surface area contributed by atoms with E-state index in [-0.39, 0.29) is 5.75 Å². The lowest BCUT2D eigenvalue weighted by Crippen LogP contribution is -2.28. The van der Waals surface area contributed by atoms with Gasteiger partial charge in [0.25, 0.3) is 0 Å². The number of sulfonamides is 1. The Bertz CT molecular complexity index is 773. The SMILES string of the molecule is COc1ccc(CCCCNS(=O)(=O)CCc2cccc(OC)c2)cc1. The quantitative estimate of drug-likeness (QED) is 0.611. The lowest BCUT2D eigenvalue weighted by Gasteiger charge is -2.08. The third kappa shape index (κ3) is 7.06. The second-order valence-electron chi connectivity index (χ2n) is 6.12. The van der Waals surface area contributed by atoms with E-state index in [0.29, 0.717) is 13.0 Å². The van der Waals surface area contributed by atoms with Crippen molar-refractivity contribution in [3.63, 3.8) is 0 Å². The maximum absolute atomic E-state index is 12.1. The van der Waals surface area contributed by atoms with E-state index in [1.165, 1.54) is 5.56 Å². The van der Waals surface area contributed by atoms with Crippen LogP contribution in [0.15, 0.2) is 48.5 Å².